The van der Waals surface area contributed by atoms with E-state index in [1.165, 1.54) is 24.3 Å². The minimum atomic E-state index is -0.919. The van der Waals surface area contributed by atoms with E-state index in [2.05, 4.69) is 21.1 Å². The van der Waals surface area contributed by atoms with Crippen LogP contribution < -0.4 is 16.0 Å². The normalized spacial score (nSPS) is 18.7. The first-order chi connectivity index (χ1) is 22.0. The molecule has 0 saturated carbocycles. The van der Waals surface area contributed by atoms with Gasteiger partial charge in [-0.05, 0) is 49.8 Å². The second-order valence-corrected chi connectivity index (χ2v) is 12.1. The van der Waals surface area contributed by atoms with Crippen LogP contribution in [0.5, 0.6) is 0 Å². The fraction of sp³-hybridized carbons (Fsp3) is 0.515. The molecule has 13 heteroatoms. The maximum atomic E-state index is 13.9. The number of ketones is 1. The van der Waals surface area contributed by atoms with E-state index in [4.69, 9.17) is 9.26 Å². The smallest absolute Gasteiger partial charge is 0.274 e. The molecule has 4 atom stereocenters. The minimum Gasteiger partial charge on any atom is -0.378 e. The molecule has 4 rings (SSSR count). The Bertz CT molecular complexity index is 1420. The van der Waals surface area contributed by atoms with E-state index in [0.717, 1.165) is 0 Å². The molecule has 0 unspecified atom stereocenters. The first kappa shape index (κ1) is 34.5. The third-order valence-corrected chi connectivity index (χ3v) is 8.20. The number of nitrogens with one attached hydrogen (secondary N) is 3. The highest BCUT2D eigenvalue weighted by Gasteiger charge is 2.33. The lowest BCUT2D eigenvalue weighted by Gasteiger charge is -2.26. The third kappa shape index (κ3) is 9.80. The fourth-order valence-electron chi connectivity index (χ4n) is 5.59. The van der Waals surface area contributed by atoms with Gasteiger partial charge in [0.25, 0.3) is 5.91 Å². The molecule has 46 heavy (non-hydrogen) atoms. The van der Waals surface area contributed by atoms with E-state index in [0.29, 0.717) is 50.6 Å². The molecule has 1 aromatic heterocycles. The maximum Gasteiger partial charge on any atom is 0.274 e. The average Bonchev–Trinajstić information content (AvgIpc) is 3.66. The van der Waals surface area contributed by atoms with Gasteiger partial charge in [-0.15, -0.1) is 0 Å². The van der Waals surface area contributed by atoms with Crippen molar-refractivity contribution in [3.63, 3.8) is 0 Å². The van der Waals surface area contributed by atoms with E-state index >= 15 is 0 Å². The Labute approximate surface area is 267 Å². The third-order valence-electron chi connectivity index (χ3n) is 8.20. The summed E-state index contributed by atoms with van der Waals surface area (Å²) in [6.07, 6.45) is 3.75. The van der Waals surface area contributed by atoms with Crippen molar-refractivity contribution in [3.8, 4) is 0 Å². The van der Waals surface area contributed by atoms with Crippen LogP contribution in [0.15, 0.2) is 47.0 Å². The van der Waals surface area contributed by atoms with E-state index in [1.54, 1.807) is 43.9 Å². The van der Waals surface area contributed by atoms with Crippen molar-refractivity contribution < 1.29 is 37.6 Å². The molecule has 0 radical (unpaired) electrons. The number of hydrogen-bond acceptors (Lipinski definition) is 8. The lowest BCUT2D eigenvalue weighted by molar-refractivity contribution is -0.131. The van der Waals surface area contributed by atoms with Gasteiger partial charge in [-0.1, -0.05) is 37.2 Å². The Morgan fingerprint density at radius 3 is 2.46 bits per heavy atom. The van der Waals surface area contributed by atoms with E-state index in [-0.39, 0.29) is 54.4 Å². The zero-order valence-corrected chi connectivity index (χ0v) is 26.4. The van der Waals surface area contributed by atoms with Gasteiger partial charge >= 0.3 is 0 Å². The summed E-state index contributed by atoms with van der Waals surface area (Å²) >= 11 is 0. The number of hydrogen-bond donors (Lipinski definition) is 3. The van der Waals surface area contributed by atoms with Gasteiger partial charge in [0.1, 0.15) is 11.6 Å². The molecule has 2 aliphatic rings. The quantitative estimate of drug-likeness (QED) is 0.265. The van der Waals surface area contributed by atoms with Gasteiger partial charge in [-0.2, -0.15) is 0 Å². The fourth-order valence-corrected chi connectivity index (χ4v) is 5.59. The molecule has 2 aromatic rings. The average molecular weight is 640 g/mol. The summed E-state index contributed by atoms with van der Waals surface area (Å²) in [4.78, 5) is 67.3. The number of nitrogens with zero attached hydrogens (tertiary/aromatic N) is 2. The van der Waals surface area contributed by atoms with Crippen LogP contribution in [0.3, 0.4) is 0 Å². The standard InChI is InChI=1S/C33H42FN5O7/c1-20(2)30(37-33(44)27-16-21(3)46-38-27)28(40)19-24(17-22-4-6-25(34)7-5-22)32(43)36-26(18-23-10-11-35-31(23)42)8-9-29(41)39-12-14-45-15-13-39/h4-9,16,20,23-24,26,30H,10-15,17-19H2,1-3H3,(H,35,42)(H,36,43)(H,37,44)/b9-8+/t23-,24+,26+,30-/m0/s1. The number of rotatable bonds is 14. The van der Waals surface area contributed by atoms with Gasteiger partial charge in [0.05, 0.1) is 19.3 Å². The number of ether oxygens (including phenoxy) is 1. The van der Waals surface area contributed by atoms with Gasteiger partial charge < -0.3 is 30.1 Å². The summed E-state index contributed by atoms with van der Waals surface area (Å²) in [5, 5.41) is 12.2. The van der Waals surface area contributed by atoms with Crippen molar-refractivity contribution in [1.29, 1.82) is 0 Å². The SMILES string of the molecule is Cc1cc(C(=O)N[C@H](C(=O)C[C@@H](Cc2ccc(F)cc2)C(=O)N[C@H](/C=C/C(=O)N2CCOCC2)C[C@@H]2CCNC2=O)C(C)C)no1. The molecule has 3 heterocycles. The van der Waals surface area contributed by atoms with Crippen LogP contribution in [0, 0.1) is 30.5 Å². The Hall–Kier alpha value is -4.39. The molecule has 0 spiro atoms. The monoisotopic (exact) mass is 639 g/mol. The topological polar surface area (TPSA) is 160 Å². The summed E-state index contributed by atoms with van der Waals surface area (Å²) in [5.41, 5.74) is 0.677. The van der Waals surface area contributed by atoms with Crippen LogP contribution >= 0.6 is 0 Å². The Kier molecular flexibility index (Phi) is 12.2. The van der Waals surface area contributed by atoms with Gasteiger partial charge in [0, 0.05) is 56.1 Å². The summed E-state index contributed by atoms with van der Waals surface area (Å²) in [6, 6.07) is 5.54. The maximum absolute atomic E-state index is 13.9. The number of amides is 4. The molecular weight excluding hydrogens is 597 g/mol. The highest BCUT2D eigenvalue weighted by atomic mass is 19.1. The van der Waals surface area contributed by atoms with Gasteiger partial charge in [-0.25, -0.2) is 4.39 Å². The van der Waals surface area contributed by atoms with Crippen molar-refractivity contribution in [2.45, 2.75) is 58.5 Å². The molecule has 1 aromatic carbocycles. The van der Waals surface area contributed by atoms with Crippen LogP contribution in [0.25, 0.3) is 0 Å². The molecule has 0 aliphatic carbocycles. The Balaban J connectivity index is 1.53. The number of Topliss-reactive ketones (excluding diaryl/α,β-unsaturated/α-hetero) is 1. The molecule has 2 fully saturated rings. The first-order valence-electron chi connectivity index (χ1n) is 15.6. The van der Waals surface area contributed by atoms with Crippen LogP contribution in [0.1, 0.15) is 54.9 Å². The lowest BCUT2D eigenvalue weighted by Crippen LogP contribution is -2.47. The van der Waals surface area contributed by atoms with Gasteiger partial charge in [0.15, 0.2) is 11.5 Å². The van der Waals surface area contributed by atoms with Crippen molar-refractivity contribution in [2.75, 3.05) is 32.8 Å². The van der Waals surface area contributed by atoms with Crippen molar-refractivity contribution in [3.05, 3.63) is 65.3 Å². The molecule has 4 amide bonds. The van der Waals surface area contributed by atoms with Crippen molar-refractivity contribution in [1.82, 2.24) is 26.0 Å². The molecule has 2 aliphatic heterocycles. The zero-order valence-electron chi connectivity index (χ0n) is 26.4. The predicted octanol–water partition coefficient (Wildman–Crippen LogP) is 2.12. The summed E-state index contributed by atoms with van der Waals surface area (Å²) < 4.78 is 24.0. The highest BCUT2D eigenvalue weighted by Crippen LogP contribution is 2.21. The Morgan fingerprint density at radius 1 is 1.13 bits per heavy atom. The van der Waals surface area contributed by atoms with Crippen LogP contribution in [-0.4, -0.2) is 84.4 Å². The molecule has 3 N–H and O–H groups in total. The van der Waals surface area contributed by atoms with Crippen LogP contribution in [0.2, 0.25) is 0 Å². The highest BCUT2D eigenvalue weighted by molar-refractivity contribution is 5.97. The number of benzene rings is 1. The number of carbonyl (C=O) groups is 5. The summed E-state index contributed by atoms with van der Waals surface area (Å²) in [5.74, 6) is -3.30. The number of aryl methyl sites for hydroxylation is 1. The number of morpholine rings is 1. The summed E-state index contributed by atoms with van der Waals surface area (Å²) in [6.45, 7) is 7.53. The molecular formula is C33H42FN5O7. The largest absolute Gasteiger partial charge is 0.378 e. The lowest BCUT2D eigenvalue weighted by atomic mass is 9.87. The predicted molar refractivity (Wildman–Crippen MR) is 165 cm³/mol. The van der Waals surface area contributed by atoms with E-state index < -0.39 is 35.6 Å². The Morgan fingerprint density at radius 2 is 1.85 bits per heavy atom. The zero-order chi connectivity index (χ0) is 33.2. The summed E-state index contributed by atoms with van der Waals surface area (Å²) in [7, 11) is 0. The minimum absolute atomic E-state index is 0.0359. The van der Waals surface area contributed by atoms with Crippen LogP contribution in [-0.2, 0) is 30.3 Å². The van der Waals surface area contributed by atoms with Gasteiger partial charge in [-0.3, -0.25) is 24.0 Å². The second-order valence-electron chi connectivity index (χ2n) is 12.1. The van der Waals surface area contributed by atoms with Crippen molar-refractivity contribution >= 4 is 29.4 Å². The van der Waals surface area contributed by atoms with E-state index in [1.807, 2.05) is 0 Å². The number of halogens is 1. The molecule has 0 bridgehead atoms. The molecule has 248 valence electrons. The van der Waals surface area contributed by atoms with E-state index in [9.17, 15) is 28.4 Å². The van der Waals surface area contributed by atoms with Gasteiger partial charge in [0.2, 0.25) is 17.7 Å². The number of aromatic nitrogens is 1. The number of carbonyl (C=O) groups excluding carboxylic acids is 5. The van der Waals surface area contributed by atoms with Crippen molar-refractivity contribution in [2.24, 2.45) is 17.8 Å². The van der Waals surface area contributed by atoms with Crippen LogP contribution in [0.4, 0.5) is 4.39 Å². The second kappa shape index (κ2) is 16.3. The molecule has 12 nitrogen and oxygen atoms in total. The molecule has 2 saturated heterocycles. The first-order valence-corrected chi connectivity index (χ1v) is 15.6.